The zero-order chi connectivity index (χ0) is 14.8. The fourth-order valence-corrected chi connectivity index (χ4v) is 1.71. The zero-order valence-corrected chi connectivity index (χ0v) is 10.7. The Bertz CT molecular complexity index is 612. The quantitative estimate of drug-likeness (QED) is 0.829. The topological polar surface area (TPSA) is 47.3 Å². The average Bonchev–Trinajstić information content (AvgIpc) is 2.34. The van der Waals surface area contributed by atoms with E-state index in [0.29, 0.717) is 11.4 Å². The van der Waals surface area contributed by atoms with Crippen LogP contribution in [0, 0.1) is 6.92 Å². The highest BCUT2D eigenvalue weighted by Crippen LogP contribution is 2.33. The number of benzene rings is 2. The summed E-state index contributed by atoms with van der Waals surface area (Å²) in [5.41, 5.74) is 7.90. The van der Waals surface area contributed by atoms with E-state index in [1.54, 1.807) is 18.2 Å². The molecule has 0 unspecified atom stereocenters. The summed E-state index contributed by atoms with van der Waals surface area (Å²) >= 11 is 0. The molecule has 20 heavy (non-hydrogen) atoms. The van der Waals surface area contributed by atoms with Crippen LogP contribution in [0.4, 0.5) is 30.2 Å². The second-order valence-electron chi connectivity index (χ2n) is 4.26. The number of halogens is 3. The van der Waals surface area contributed by atoms with Gasteiger partial charge in [0.15, 0.2) is 5.75 Å². The van der Waals surface area contributed by atoms with Crippen molar-refractivity contribution in [2.24, 2.45) is 0 Å². The van der Waals surface area contributed by atoms with Crippen molar-refractivity contribution in [3.8, 4) is 5.75 Å². The molecule has 0 radical (unpaired) electrons. The minimum Gasteiger partial charge on any atom is -0.404 e. The molecule has 0 saturated carbocycles. The largest absolute Gasteiger partial charge is 0.573 e. The minimum absolute atomic E-state index is 0.196. The molecule has 0 aromatic heterocycles. The molecule has 0 aliphatic rings. The lowest BCUT2D eigenvalue weighted by atomic mass is 10.2. The highest BCUT2D eigenvalue weighted by molar-refractivity contribution is 5.75. The van der Waals surface area contributed by atoms with Crippen molar-refractivity contribution in [3.05, 3.63) is 48.0 Å². The van der Waals surface area contributed by atoms with Crippen LogP contribution >= 0.6 is 0 Å². The normalized spacial score (nSPS) is 11.2. The van der Waals surface area contributed by atoms with Crippen molar-refractivity contribution in [1.29, 1.82) is 0 Å². The Balaban J connectivity index is 2.32. The van der Waals surface area contributed by atoms with Crippen LogP contribution in [0.5, 0.6) is 5.75 Å². The Morgan fingerprint density at radius 3 is 2.45 bits per heavy atom. The van der Waals surface area contributed by atoms with Gasteiger partial charge in [0.25, 0.3) is 0 Å². The maximum Gasteiger partial charge on any atom is 0.573 e. The third kappa shape index (κ3) is 3.57. The van der Waals surface area contributed by atoms with Crippen molar-refractivity contribution in [2.75, 3.05) is 11.1 Å². The molecular formula is C14H13F3N2O. The van der Waals surface area contributed by atoms with Gasteiger partial charge in [-0.05, 0) is 36.8 Å². The number of rotatable bonds is 3. The molecule has 3 N–H and O–H groups in total. The molecule has 0 atom stereocenters. The summed E-state index contributed by atoms with van der Waals surface area (Å²) in [4.78, 5) is 0. The molecule has 0 fully saturated rings. The van der Waals surface area contributed by atoms with E-state index < -0.39 is 6.36 Å². The molecule has 106 valence electrons. The van der Waals surface area contributed by atoms with E-state index in [-0.39, 0.29) is 11.4 Å². The number of hydrogen-bond acceptors (Lipinski definition) is 3. The number of para-hydroxylation sites is 2. The first kappa shape index (κ1) is 14.0. The van der Waals surface area contributed by atoms with Gasteiger partial charge in [0, 0.05) is 0 Å². The number of nitrogens with one attached hydrogen (secondary N) is 1. The molecule has 0 heterocycles. The molecule has 6 heteroatoms. The predicted molar refractivity (Wildman–Crippen MR) is 72.0 cm³/mol. The van der Waals surface area contributed by atoms with Gasteiger partial charge in [0.05, 0.1) is 17.1 Å². The van der Waals surface area contributed by atoms with Crippen LogP contribution < -0.4 is 15.8 Å². The molecule has 0 bridgehead atoms. The number of nitrogens with two attached hydrogens (primary N) is 1. The smallest absolute Gasteiger partial charge is 0.404 e. The second kappa shape index (κ2) is 5.32. The van der Waals surface area contributed by atoms with E-state index in [1.807, 2.05) is 13.0 Å². The van der Waals surface area contributed by atoms with Crippen molar-refractivity contribution in [2.45, 2.75) is 13.3 Å². The lowest BCUT2D eigenvalue weighted by Crippen LogP contribution is -2.17. The summed E-state index contributed by atoms with van der Waals surface area (Å²) in [6.07, 6.45) is -4.74. The summed E-state index contributed by atoms with van der Waals surface area (Å²) in [7, 11) is 0. The second-order valence-corrected chi connectivity index (χ2v) is 4.26. The van der Waals surface area contributed by atoms with Gasteiger partial charge in [-0.2, -0.15) is 0 Å². The Labute approximate surface area is 114 Å². The number of nitrogen functional groups attached to an aromatic ring is 1. The van der Waals surface area contributed by atoms with Crippen LogP contribution in [-0.2, 0) is 0 Å². The van der Waals surface area contributed by atoms with Crippen LogP contribution in [0.2, 0.25) is 0 Å². The van der Waals surface area contributed by atoms with Crippen molar-refractivity contribution in [3.63, 3.8) is 0 Å². The number of aryl methyl sites for hydroxylation is 1. The third-order valence-electron chi connectivity index (χ3n) is 2.59. The van der Waals surface area contributed by atoms with E-state index >= 15 is 0 Å². The first-order chi connectivity index (χ1) is 9.35. The van der Waals surface area contributed by atoms with E-state index in [2.05, 4.69) is 10.1 Å². The van der Waals surface area contributed by atoms with Gasteiger partial charge in [-0.1, -0.05) is 18.2 Å². The SMILES string of the molecule is Cc1ccc(N)c(Nc2ccccc2OC(F)(F)F)c1. The van der Waals surface area contributed by atoms with E-state index in [4.69, 9.17) is 5.73 Å². The number of ether oxygens (including phenoxy) is 1. The van der Waals surface area contributed by atoms with Gasteiger partial charge in [-0.15, -0.1) is 13.2 Å². The fourth-order valence-electron chi connectivity index (χ4n) is 1.71. The third-order valence-corrected chi connectivity index (χ3v) is 2.59. The van der Waals surface area contributed by atoms with E-state index in [9.17, 15) is 13.2 Å². The van der Waals surface area contributed by atoms with Crippen LogP contribution in [0.25, 0.3) is 0 Å². The maximum atomic E-state index is 12.3. The highest BCUT2D eigenvalue weighted by atomic mass is 19.4. The Morgan fingerprint density at radius 1 is 1.05 bits per heavy atom. The summed E-state index contributed by atoms with van der Waals surface area (Å²) in [6.45, 7) is 1.86. The predicted octanol–water partition coefficient (Wildman–Crippen LogP) is 4.22. The summed E-state index contributed by atoms with van der Waals surface area (Å²) in [6, 6.07) is 11.1. The zero-order valence-electron chi connectivity index (χ0n) is 10.7. The fraction of sp³-hybridized carbons (Fsp3) is 0.143. The van der Waals surface area contributed by atoms with Crippen LogP contribution in [0.15, 0.2) is 42.5 Å². The van der Waals surface area contributed by atoms with E-state index in [1.165, 1.54) is 18.2 Å². The number of hydrogen-bond donors (Lipinski definition) is 2. The van der Waals surface area contributed by atoms with Crippen LogP contribution in [0.1, 0.15) is 5.56 Å². The average molecular weight is 282 g/mol. The first-order valence-corrected chi connectivity index (χ1v) is 5.83. The molecule has 3 nitrogen and oxygen atoms in total. The summed E-state index contributed by atoms with van der Waals surface area (Å²) in [5.74, 6) is -0.305. The molecular weight excluding hydrogens is 269 g/mol. The lowest BCUT2D eigenvalue weighted by Gasteiger charge is -2.15. The van der Waals surface area contributed by atoms with Gasteiger partial charge in [-0.25, -0.2) is 0 Å². The van der Waals surface area contributed by atoms with Gasteiger partial charge in [-0.3, -0.25) is 0 Å². The van der Waals surface area contributed by atoms with Crippen molar-refractivity contribution < 1.29 is 17.9 Å². The van der Waals surface area contributed by atoms with Gasteiger partial charge in [0.1, 0.15) is 0 Å². The first-order valence-electron chi connectivity index (χ1n) is 5.83. The van der Waals surface area contributed by atoms with Gasteiger partial charge in [0.2, 0.25) is 0 Å². The van der Waals surface area contributed by atoms with Crippen LogP contribution in [-0.4, -0.2) is 6.36 Å². The molecule has 0 spiro atoms. The Kier molecular flexibility index (Phi) is 3.74. The Morgan fingerprint density at radius 2 is 1.75 bits per heavy atom. The van der Waals surface area contributed by atoms with Crippen molar-refractivity contribution >= 4 is 17.1 Å². The number of anilines is 3. The Hall–Kier alpha value is -2.37. The van der Waals surface area contributed by atoms with E-state index in [0.717, 1.165) is 5.56 Å². The molecule has 0 aliphatic heterocycles. The monoisotopic (exact) mass is 282 g/mol. The molecule has 0 aliphatic carbocycles. The summed E-state index contributed by atoms with van der Waals surface area (Å²) < 4.78 is 41.0. The maximum absolute atomic E-state index is 12.3. The minimum atomic E-state index is -4.74. The summed E-state index contributed by atoms with van der Waals surface area (Å²) in [5, 5.41) is 2.85. The number of alkyl halides is 3. The molecule has 2 aromatic carbocycles. The molecule has 2 aromatic rings. The van der Waals surface area contributed by atoms with Gasteiger partial charge >= 0.3 is 6.36 Å². The lowest BCUT2D eigenvalue weighted by molar-refractivity contribution is -0.274. The molecule has 0 amide bonds. The van der Waals surface area contributed by atoms with Crippen molar-refractivity contribution in [1.82, 2.24) is 0 Å². The highest BCUT2D eigenvalue weighted by Gasteiger charge is 2.32. The molecule has 2 rings (SSSR count). The molecule has 0 saturated heterocycles. The van der Waals surface area contributed by atoms with Crippen LogP contribution in [0.3, 0.4) is 0 Å². The standard InChI is InChI=1S/C14H13F3N2O/c1-9-6-7-10(18)12(8-9)19-11-4-2-3-5-13(11)20-14(15,16)17/h2-8,19H,18H2,1H3. The van der Waals surface area contributed by atoms with Gasteiger partial charge < -0.3 is 15.8 Å².